The number of anilines is 2. The Hall–Kier alpha value is -10.6. The minimum absolute atomic E-state index is 0.00275. The summed E-state index contributed by atoms with van der Waals surface area (Å²) in [5.41, 5.74) is 5.36. The summed E-state index contributed by atoms with van der Waals surface area (Å²) in [6, 6.07) is -8.84. The summed E-state index contributed by atoms with van der Waals surface area (Å²) in [7, 11) is 0. The highest BCUT2D eigenvalue weighted by Gasteiger charge is 2.38. The number of thioether (sulfide) groups is 1. The molecule has 0 aliphatic carbocycles. The van der Waals surface area contributed by atoms with Crippen LogP contribution in [0.25, 0.3) is 11.2 Å². The molecule has 10 amide bonds. The fraction of sp³-hybridized carbons (Fsp3) is 0.606. The summed E-state index contributed by atoms with van der Waals surface area (Å²) in [6.07, 6.45) is -33.2. The van der Waals surface area contributed by atoms with E-state index >= 15 is 0 Å². The molecule has 2 aromatic heterocycles. The molecule has 0 aliphatic rings. The number of hydrogen-bond acceptors (Lipinski definition) is 36. The average Bonchev–Trinajstić information content (AvgIpc) is 0.812. The summed E-state index contributed by atoms with van der Waals surface area (Å²) >= 11 is 0.925. The van der Waals surface area contributed by atoms with Gasteiger partial charge in [0.2, 0.25) is 59.1 Å². The number of carbonyl (C=O) groups excluding carboxylic acids is 10. The number of nitrogens with one attached hydrogen (secondary N) is 12. The summed E-state index contributed by atoms with van der Waals surface area (Å²) < 4.78 is 0. The molecular weight excluding hydrogens is 1590 g/mol. The number of nitrogens with zero attached hydrogens (tertiary/aromatic N) is 3. The molecule has 0 spiro atoms. The van der Waals surface area contributed by atoms with Gasteiger partial charge in [0.05, 0.1) is 56.6 Å². The quantitative estimate of drug-likeness (QED) is 0.0249. The van der Waals surface area contributed by atoms with Crippen LogP contribution in [0.1, 0.15) is 93.1 Å². The number of rotatable bonds is 56. The Morgan fingerprint density at radius 3 is 1.11 bits per heavy atom. The standard InChI is InChI=1S/C66H100N16O34S/c1-117-26-36(65(115)116)80-62(111)32(8-14-45(94)71-22-39(88)52(102)55(105)42(91)25-85)76-61(110)34(11-17-48(98)99)78-59(108)31(7-13-44(93)70-21-38(87)51(101)54(104)41(90)24-84)75-60(109)33(10-16-47(96)97)77-58(107)30(6-12-43(92)69-20-37(86)50(100)53(103)40(89)23-83)74-46(95)15-9-35(64(113)114)79-57(106)27-2-4-28(5-3-27)68-18-29-19-72-56-49(73-29)63(112)82-66(67)81-56/h2-5,19,30-42,50-55,68,83-91,100-105H,6-18,20-26H2,1H3,(H,69,92)(H,70,93)(H,71,94)(H,74,95)(H,75,109)(H,76,110)(H,77,107)(H,78,108)(H,79,106)(H,80,111)(H,96,97)(H,98,99)(H,113,114)(H,115,116)(H3,67,72,81,82,112)/t30-,31-,32-,33+,34+,35-,36+,37-,38-,39-,40+,41+,42+,50+,51+,52+,53+,54+,55+/m0/s1. The molecule has 2 heterocycles. The Kier molecular flexibility index (Phi) is 43.6. The first-order valence-corrected chi connectivity index (χ1v) is 37.1. The molecule has 0 bridgehead atoms. The fourth-order valence-corrected chi connectivity index (χ4v) is 11.0. The average molecular weight is 1690 g/mol. The predicted octanol–water partition coefficient (Wildman–Crippen LogP) is -14.0. The second-order valence-electron chi connectivity index (χ2n) is 26.3. The first-order valence-electron chi connectivity index (χ1n) is 35.7. The van der Waals surface area contributed by atoms with Crippen LogP contribution >= 0.6 is 11.8 Å². The molecule has 0 aliphatic heterocycles. The number of fused-ring (bicyclic) bond motifs is 1. The lowest BCUT2D eigenvalue weighted by Gasteiger charge is -2.28. The maximum atomic E-state index is 14.7. The Balaban J connectivity index is 2.06. The van der Waals surface area contributed by atoms with Crippen molar-refractivity contribution in [1.82, 2.24) is 73.1 Å². The van der Waals surface area contributed by atoms with Crippen molar-refractivity contribution in [1.29, 1.82) is 0 Å². The Morgan fingerprint density at radius 1 is 0.427 bits per heavy atom. The van der Waals surface area contributed by atoms with Gasteiger partial charge in [-0.3, -0.25) is 67.3 Å². The molecule has 51 heteroatoms. The number of hydrogen-bond donors (Lipinski definition) is 32. The fourth-order valence-electron chi connectivity index (χ4n) is 10.4. The van der Waals surface area contributed by atoms with Crippen molar-refractivity contribution in [2.75, 3.05) is 62.5 Å². The van der Waals surface area contributed by atoms with Gasteiger partial charge in [0.25, 0.3) is 11.5 Å². The third-order valence-electron chi connectivity index (χ3n) is 17.3. The van der Waals surface area contributed by atoms with Crippen LogP contribution in [-0.4, -0.2) is 367 Å². The summed E-state index contributed by atoms with van der Waals surface area (Å²) in [5, 5.41) is 213. The first kappa shape index (κ1) is 101. The lowest BCUT2D eigenvalue weighted by Crippen LogP contribution is -2.60. The predicted molar refractivity (Wildman–Crippen MR) is 396 cm³/mol. The van der Waals surface area contributed by atoms with E-state index in [1.54, 1.807) is 0 Å². The second kappa shape index (κ2) is 50.8. The first-order chi connectivity index (χ1) is 55.0. The largest absolute Gasteiger partial charge is 0.481 e. The number of nitrogens with two attached hydrogens (primary N) is 1. The number of aliphatic hydroxyl groups is 15. The van der Waals surface area contributed by atoms with Crippen molar-refractivity contribution < 1.29 is 164 Å². The molecule has 0 unspecified atom stereocenters. The molecule has 1 aromatic carbocycles. The molecule has 50 nitrogen and oxygen atoms in total. The van der Waals surface area contributed by atoms with Crippen LogP contribution in [-0.2, 0) is 68.9 Å². The molecular formula is C66H100N16O34S. The van der Waals surface area contributed by atoms with Crippen LogP contribution in [0.2, 0.25) is 0 Å². The number of amides is 10. The number of nitrogen functional groups attached to an aromatic ring is 1. The van der Waals surface area contributed by atoms with Gasteiger partial charge >= 0.3 is 23.9 Å². The van der Waals surface area contributed by atoms with E-state index in [1.807, 2.05) is 0 Å². The van der Waals surface area contributed by atoms with E-state index in [0.717, 1.165) is 11.8 Å². The third-order valence-corrected chi connectivity index (χ3v) is 17.9. The van der Waals surface area contributed by atoms with E-state index in [9.17, 15) is 164 Å². The summed E-state index contributed by atoms with van der Waals surface area (Å²) in [6.45, 7) is -5.95. The van der Waals surface area contributed by atoms with Crippen molar-refractivity contribution >= 4 is 118 Å². The van der Waals surface area contributed by atoms with Crippen LogP contribution in [0.15, 0.2) is 35.3 Å². The highest BCUT2D eigenvalue weighted by Crippen LogP contribution is 2.16. The number of aromatic amines is 1. The Labute approximate surface area is 666 Å². The van der Waals surface area contributed by atoms with E-state index in [1.165, 1.54) is 36.7 Å². The van der Waals surface area contributed by atoms with Crippen molar-refractivity contribution in [3.05, 3.63) is 52.1 Å². The van der Waals surface area contributed by atoms with Gasteiger partial charge in [0.15, 0.2) is 11.2 Å². The molecule has 0 saturated carbocycles. The Bertz CT molecular complexity index is 3890. The number of carboxylic acid groups (broad SMARTS) is 4. The van der Waals surface area contributed by atoms with E-state index in [4.69, 9.17) is 10.8 Å². The number of benzene rings is 1. The topological polar surface area (TPSA) is 853 Å². The number of aliphatic carboxylic acids is 4. The van der Waals surface area contributed by atoms with Gasteiger partial charge in [-0.2, -0.15) is 16.7 Å². The zero-order chi connectivity index (χ0) is 88.1. The lowest BCUT2D eigenvalue weighted by molar-refractivity contribution is -0.142. The van der Waals surface area contributed by atoms with Gasteiger partial charge in [-0.1, -0.05) is 0 Å². The van der Waals surface area contributed by atoms with Crippen molar-refractivity contribution in [2.45, 2.75) is 199 Å². The normalized spacial score (nSPS) is 16.3. The number of aromatic nitrogens is 4. The summed E-state index contributed by atoms with van der Waals surface area (Å²) in [4.78, 5) is 215. The minimum Gasteiger partial charge on any atom is -0.481 e. The van der Waals surface area contributed by atoms with E-state index in [-0.39, 0.29) is 40.7 Å². The van der Waals surface area contributed by atoms with Crippen molar-refractivity contribution in [2.24, 2.45) is 0 Å². The van der Waals surface area contributed by atoms with Crippen LogP contribution < -0.4 is 69.8 Å². The highest BCUT2D eigenvalue weighted by molar-refractivity contribution is 7.98. The van der Waals surface area contributed by atoms with Crippen molar-refractivity contribution in [3.63, 3.8) is 0 Å². The zero-order valence-electron chi connectivity index (χ0n) is 62.4. The monoisotopic (exact) mass is 1690 g/mol. The van der Waals surface area contributed by atoms with Crippen LogP contribution in [0.5, 0.6) is 0 Å². The van der Waals surface area contributed by atoms with E-state index in [2.05, 4.69) is 78.4 Å². The molecule has 0 fully saturated rings. The van der Waals surface area contributed by atoms with Gasteiger partial charge in [-0.25, -0.2) is 19.6 Å². The van der Waals surface area contributed by atoms with E-state index < -0.39 is 321 Å². The van der Waals surface area contributed by atoms with Gasteiger partial charge in [0.1, 0.15) is 97.2 Å². The van der Waals surface area contributed by atoms with Gasteiger partial charge in [-0.05, 0) is 69.0 Å². The summed E-state index contributed by atoms with van der Waals surface area (Å²) in [5.74, 6) is -20.0. The zero-order valence-corrected chi connectivity index (χ0v) is 63.3. The maximum absolute atomic E-state index is 14.7. The smallest absolute Gasteiger partial charge is 0.327 e. The van der Waals surface area contributed by atoms with Crippen LogP contribution in [0.4, 0.5) is 11.6 Å². The third kappa shape index (κ3) is 35.0. The van der Waals surface area contributed by atoms with Gasteiger partial charge in [0, 0.05) is 75.2 Å². The molecule has 3 aromatic rings. The molecule has 3 rings (SSSR count). The number of H-pyrrole nitrogens is 1. The Morgan fingerprint density at radius 2 is 0.761 bits per heavy atom. The molecule has 0 radical (unpaired) electrons. The molecule has 0 saturated heterocycles. The number of carboxylic acids is 4. The second-order valence-corrected chi connectivity index (χ2v) is 27.2. The van der Waals surface area contributed by atoms with E-state index in [0.29, 0.717) is 5.69 Å². The molecule has 33 N–H and O–H groups in total. The SMILES string of the molecule is CSC[C@@H](NC(=O)[C@H](CCC(=O)NC[C@H](O)[C@@H](O)[C@H](O)[C@H](O)CO)NC(=O)[C@@H](CCC(=O)O)NC(=O)[C@H](CCC(=O)NC[C@H](O)[C@@H](O)[C@H](O)[C@H](O)CO)NC(=O)[C@@H](CCC(=O)O)NC(=O)[C@H](CCC(=O)NC[C@H](O)[C@@H](O)[C@H](O)[C@H](O)CO)NC(=O)CC[C@H](NC(=O)c1ccc(NCc2cnc3nc(N)[nH]c(=O)c3n2)cc1)C(=O)O)C(=O)O. The highest BCUT2D eigenvalue weighted by atomic mass is 32.2. The van der Waals surface area contributed by atoms with Crippen LogP contribution in [0, 0.1) is 0 Å². The molecule has 654 valence electrons. The minimum atomic E-state index is -2.24. The van der Waals surface area contributed by atoms with Crippen molar-refractivity contribution in [3.8, 4) is 0 Å². The molecule has 117 heavy (non-hydrogen) atoms. The van der Waals surface area contributed by atoms with Gasteiger partial charge < -0.3 is 161 Å². The number of carbonyl (C=O) groups is 14. The molecule has 19 atom stereocenters. The van der Waals surface area contributed by atoms with Crippen LogP contribution in [0.3, 0.4) is 0 Å². The number of aliphatic hydroxyl groups excluding tert-OH is 15. The lowest BCUT2D eigenvalue weighted by atomic mass is 10.0. The maximum Gasteiger partial charge on any atom is 0.327 e. The van der Waals surface area contributed by atoms with Gasteiger partial charge in [-0.15, -0.1) is 0 Å².